The van der Waals surface area contributed by atoms with Gasteiger partial charge in [-0.05, 0) is 12.1 Å². The molecule has 0 fully saturated rings. The number of rotatable bonds is 4. The highest BCUT2D eigenvalue weighted by molar-refractivity contribution is 6.30. The Morgan fingerprint density at radius 1 is 1.05 bits per heavy atom. The molecule has 1 aromatic heterocycles. The average Bonchev–Trinajstić information content (AvgIpc) is 2.46. The van der Waals surface area contributed by atoms with Crippen LogP contribution in [-0.2, 0) is 0 Å². The Labute approximate surface area is 120 Å². The summed E-state index contributed by atoms with van der Waals surface area (Å²) >= 11 is 12.6. The summed E-state index contributed by atoms with van der Waals surface area (Å²) in [6, 6.07) is 11.9. The minimum absolute atomic E-state index is 0.157. The quantitative estimate of drug-likeness (QED) is 0.674. The molecule has 0 aliphatic carbocycles. The first kappa shape index (κ1) is 14.2. The number of aromatic nitrogens is 1. The van der Waals surface area contributed by atoms with Gasteiger partial charge in [0.2, 0.25) is 0 Å². The standard InChI is InChI=1S/C13H12Cl2N2O2/c14-12(13(15)10-6-3-4-8-16-10)9-5-1-2-7-11(9)17(18)19/h1-8,12-13,17-18H. The zero-order valence-electron chi connectivity index (χ0n) is 9.83. The van der Waals surface area contributed by atoms with Gasteiger partial charge in [0.05, 0.1) is 16.4 Å². The minimum atomic E-state index is -1.02. The van der Waals surface area contributed by atoms with Crippen molar-refractivity contribution in [1.82, 2.24) is 4.98 Å². The highest BCUT2D eigenvalue weighted by atomic mass is 35.5. The molecule has 6 heteroatoms. The number of hydrogen-bond donors (Lipinski definition) is 2. The van der Waals surface area contributed by atoms with Crippen LogP contribution in [0, 0.1) is 5.21 Å². The number of halogens is 2. The molecule has 1 heterocycles. The van der Waals surface area contributed by atoms with Crippen LogP contribution >= 0.6 is 23.2 Å². The molecule has 0 amide bonds. The Hall–Kier alpha value is -1.17. The lowest BCUT2D eigenvalue weighted by Gasteiger charge is -2.21. The maximum Gasteiger partial charge on any atom is 0.168 e. The molecule has 0 aliphatic rings. The first-order chi connectivity index (χ1) is 9.11. The molecule has 2 aromatic rings. The van der Waals surface area contributed by atoms with Gasteiger partial charge in [-0.1, -0.05) is 24.3 Å². The van der Waals surface area contributed by atoms with Crippen LogP contribution in [0.1, 0.15) is 22.0 Å². The van der Waals surface area contributed by atoms with Crippen LogP contribution in [0.3, 0.4) is 0 Å². The predicted molar refractivity (Wildman–Crippen MR) is 73.6 cm³/mol. The van der Waals surface area contributed by atoms with E-state index in [1.54, 1.807) is 36.5 Å². The van der Waals surface area contributed by atoms with Crippen molar-refractivity contribution >= 4 is 28.9 Å². The van der Waals surface area contributed by atoms with E-state index < -0.39 is 16.0 Å². The predicted octanol–water partition coefficient (Wildman–Crippen LogP) is 2.75. The lowest BCUT2D eigenvalue weighted by molar-refractivity contribution is -0.991. The second kappa shape index (κ2) is 6.32. The van der Waals surface area contributed by atoms with Gasteiger partial charge in [0.25, 0.3) is 0 Å². The van der Waals surface area contributed by atoms with E-state index in [9.17, 15) is 5.21 Å². The smallest absolute Gasteiger partial charge is 0.168 e. The lowest BCUT2D eigenvalue weighted by Crippen LogP contribution is -2.99. The molecule has 100 valence electrons. The summed E-state index contributed by atoms with van der Waals surface area (Å²) in [4.78, 5) is 4.14. The van der Waals surface area contributed by atoms with Gasteiger partial charge in [-0.2, -0.15) is 5.23 Å². The zero-order chi connectivity index (χ0) is 13.8. The number of quaternary nitrogens is 1. The Bertz CT molecular complexity index is 537. The van der Waals surface area contributed by atoms with E-state index in [0.717, 1.165) is 0 Å². The van der Waals surface area contributed by atoms with Crippen LogP contribution in [0.15, 0.2) is 48.7 Å². The monoisotopic (exact) mass is 298 g/mol. The van der Waals surface area contributed by atoms with Crippen LogP contribution in [0.25, 0.3) is 0 Å². The third-order valence-corrected chi connectivity index (χ3v) is 3.81. The minimum Gasteiger partial charge on any atom is -0.595 e. The highest BCUT2D eigenvalue weighted by Gasteiger charge is 2.26. The highest BCUT2D eigenvalue weighted by Crippen LogP contribution is 2.40. The number of hydrogen-bond acceptors (Lipinski definition) is 3. The fourth-order valence-electron chi connectivity index (χ4n) is 1.78. The van der Waals surface area contributed by atoms with E-state index >= 15 is 0 Å². The summed E-state index contributed by atoms with van der Waals surface area (Å²) in [6.45, 7) is 0. The number of alkyl halides is 2. The van der Waals surface area contributed by atoms with Crippen LogP contribution in [-0.4, -0.2) is 10.2 Å². The Balaban J connectivity index is 2.32. The molecule has 0 spiro atoms. The van der Waals surface area contributed by atoms with Crippen molar-refractivity contribution in [2.45, 2.75) is 10.8 Å². The van der Waals surface area contributed by atoms with Gasteiger partial charge < -0.3 is 5.21 Å². The van der Waals surface area contributed by atoms with E-state index in [2.05, 4.69) is 4.98 Å². The molecule has 2 rings (SSSR count). The fourth-order valence-corrected chi connectivity index (χ4v) is 2.36. The molecule has 0 saturated carbocycles. The first-order valence-corrected chi connectivity index (χ1v) is 6.50. The second-order valence-electron chi connectivity index (χ2n) is 3.95. The summed E-state index contributed by atoms with van der Waals surface area (Å²) in [5.41, 5.74) is 1.26. The van der Waals surface area contributed by atoms with Gasteiger partial charge in [-0.15, -0.1) is 23.2 Å². The van der Waals surface area contributed by atoms with Crippen molar-refractivity contribution in [2.75, 3.05) is 0 Å². The van der Waals surface area contributed by atoms with Crippen molar-refractivity contribution in [3.63, 3.8) is 0 Å². The van der Waals surface area contributed by atoms with Crippen LogP contribution in [0.5, 0.6) is 0 Å². The average molecular weight is 299 g/mol. The van der Waals surface area contributed by atoms with Gasteiger partial charge in [-0.3, -0.25) is 4.98 Å². The normalized spacial score (nSPS) is 15.8. The number of benzene rings is 1. The van der Waals surface area contributed by atoms with Crippen molar-refractivity contribution < 1.29 is 10.4 Å². The molecule has 3 atom stereocenters. The largest absolute Gasteiger partial charge is 0.595 e. The molecule has 0 aliphatic heterocycles. The van der Waals surface area contributed by atoms with Crippen molar-refractivity contribution in [3.05, 3.63) is 65.1 Å². The molecule has 4 nitrogen and oxygen atoms in total. The van der Waals surface area contributed by atoms with Crippen LogP contribution in [0.4, 0.5) is 5.69 Å². The van der Waals surface area contributed by atoms with E-state index in [1.165, 1.54) is 6.07 Å². The number of nitrogens with one attached hydrogen (secondary N) is 1. The van der Waals surface area contributed by atoms with E-state index in [4.69, 9.17) is 28.4 Å². The molecule has 0 bridgehead atoms. The third-order valence-electron chi connectivity index (χ3n) is 2.72. The molecule has 3 unspecified atom stereocenters. The van der Waals surface area contributed by atoms with Crippen LogP contribution in [0.2, 0.25) is 0 Å². The SMILES string of the molecule is [O-][NH+](O)c1ccccc1C(Cl)C(Cl)c1ccccn1. The topological polar surface area (TPSA) is 60.6 Å². The van der Waals surface area contributed by atoms with Crippen molar-refractivity contribution in [2.24, 2.45) is 0 Å². The van der Waals surface area contributed by atoms with Gasteiger partial charge in [0.15, 0.2) is 5.69 Å². The Kier molecular flexibility index (Phi) is 4.74. The van der Waals surface area contributed by atoms with Gasteiger partial charge in [0.1, 0.15) is 0 Å². The van der Waals surface area contributed by atoms with Gasteiger partial charge in [0, 0.05) is 17.8 Å². The molecule has 0 radical (unpaired) electrons. The van der Waals surface area contributed by atoms with Crippen molar-refractivity contribution in [3.8, 4) is 0 Å². The Morgan fingerprint density at radius 3 is 2.37 bits per heavy atom. The fraction of sp³-hybridized carbons (Fsp3) is 0.154. The molecule has 19 heavy (non-hydrogen) atoms. The number of pyridine rings is 1. The maximum absolute atomic E-state index is 11.2. The molecule has 0 saturated heterocycles. The second-order valence-corrected chi connectivity index (χ2v) is 4.89. The lowest BCUT2D eigenvalue weighted by atomic mass is 10.0. The zero-order valence-corrected chi connectivity index (χ0v) is 11.3. The summed E-state index contributed by atoms with van der Waals surface area (Å²) in [5, 5.41) is 18.0. The number of para-hydroxylation sites is 1. The van der Waals surface area contributed by atoms with Crippen molar-refractivity contribution in [1.29, 1.82) is 0 Å². The summed E-state index contributed by atoms with van der Waals surface area (Å²) in [6.07, 6.45) is 1.62. The molecular weight excluding hydrogens is 287 g/mol. The van der Waals surface area contributed by atoms with Crippen LogP contribution < -0.4 is 5.23 Å². The van der Waals surface area contributed by atoms with Gasteiger partial charge >= 0.3 is 0 Å². The van der Waals surface area contributed by atoms with E-state index in [1.807, 2.05) is 6.07 Å². The summed E-state index contributed by atoms with van der Waals surface area (Å²) in [5.74, 6) is 0. The molecule has 2 N–H and O–H groups in total. The van der Waals surface area contributed by atoms with Gasteiger partial charge in [-0.25, -0.2) is 5.21 Å². The Morgan fingerprint density at radius 2 is 1.74 bits per heavy atom. The summed E-state index contributed by atoms with van der Waals surface area (Å²) in [7, 11) is 0. The molecule has 1 aromatic carbocycles. The number of nitrogens with zero attached hydrogens (tertiary/aromatic N) is 1. The first-order valence-electron chi connectivity index (χ1n) is 5.62. The summed E-state index contributed by atoms with van der Waals surface area (Å²) < 4.78 is 0. The van der Waals surface area contributed by atoms with E-state index in [-0.39, 0.29) is 5.69 Å². The van der Waals surface area contributed by atoms with E-state index in [0.29, 0.717) is 11.3 Å². The third kappa shape index (κ3) is 3.23. The molecular formula is C13H12Cl2N2O2. The maximum atomic E-state index is 11.2.